The molecule has 0 aliphatic rings. The quantitative estimate of drug-likeness (QED) is 0.805. The van der Waals surface area contributed by atoms with Gasteiger partial charge in [-0.2, -0.15) is 5.10 Å². The van der Waals surface area contributed by atoms with Crippen molar-refractivity contribution in [2.45, 2.75) is 0 Å². The minimum atomic E-state index is -0.211. The topological polar surface area (TPSA) is 93.2 Å². The Morgan fingerprint density at radius 2 is 2.00 bits per heavy atom. The molecule has 1 aromatic heterocycles. The highest BCUT2D eigenvalue weighted by Gasteiger charge is 2.13. The van der Waals surface area contributed by atoms with Gasteiger partial charge < -0.3 is 16.0 Å². The van der Waals surface area contributed by atoms with Crippen molar-refractivity contribution in [3.05, 3.63) is 41.7 Å². The second-order valence-electron chi connectivity index (χ2n) is 4.70. The number of nitrogen functional groups attached to an aromatic ring is 1. The molecular formula is C14H17N5O2. The molecular weight excluding hydrogens is 270 g/mol. The Kier molecular flexibility index (Phi) is 3.93. The number of hydrogen-bond acceptors (Lipinski definition) is 4. The molecule has 0 bridgehead atoms. The van der Waals surface area contributed by atoms with Crippen LogP contribution in [0.25, 0.3) is 5.69 Å². The molecule has 1 heterocycles. The first-order valence-electron chi connectivity index (χ1n) is 6.33. The van der Waals surface area contributed by atoms with Crippen molar-refractivity contribution in [1.29, 1.82) is 0 Å². The Bertz CT molecular complexity index is 690. The van der Waals surface area contributed by atoms with E-state index in [2.05, 4.69) is 10.4 Å². The maximum Gasteiger partial charge on any atom is 0.273 e. The number of carbonyl (C=O) groups excluding carboxylic acids is 2. The monoisotopic (exact) mass is 287 g/mol. The molecule has 0 saturated heterocycles. The van der Waals surface area contributed by atoms with Crippen LogP contribution < -0.4 is 11.1 Å². The van der Waals surface area contributed by atoms with E-state index in [0.29, 0.717) is 22.6 Å². The molecule has 0 atom stereocenters. The van der Waals surface area contributed by atoms with Gasteiger partial charge in [0.15, 0.2) is 5.69 Å². The molecule has 7 heteroatoms. The van der Waals surface area contributed by atoms with E-state index >= 15 is 0 Å². The highest BCUT2D eigenvalue weighted by Crippen LogP contribution is 2.19. The van der Waals surface area contributed by atoms with Gasteiger partial charge in [0, 0.05) is 32.9 Å². The van der Waals surface area contributed by atoms with Gasteiger partial charge in [-0.15, -0.1) is 0 Å². The summed E-state index contributed by atoms with van der Waals surface area (Å²) in [5, 5.41) is 6.73. The van der Waals surface area contributed by atoms with E-state index in [-0.39, 0.29) is 11.8 Å². The normalized spacial score (nSPS) is 10.2. The van der Waals surface area contributed by atoms with Crippen LogP contribution in [0.2, 0.25) is 0 Å². The Hall–Kier alpha value is -2.83. The van der Waals surface area contributed by atoms with Crippen molar-refractivity contribution in [3.63, 3.8) is 0 Å². The molecule has 0 saturated carbocycles. The molecule has 0 aliphatic heterocycles. The lowest BCUT2D eigenvalue weighted by molar-refractivity contribution is 0.0821. The maximum atomic E-state index is 11.8. The lowest BCUT2D eigenvalue weighted by Gasteiger charge is -2.09. The predicted octanol–water partition coefficient (Wildman–Crippen LogP) is 0.516. The van der Waals surface area contributed by atoms with Crippen LogP contribution in [0.5, 0.6) is 0 Å². The summed E-state index contributed by atoms with van der Waals surface area (Å²) in [6.07, 6.45) is 1.65. The zero-order valence-electron chi connectivity index (χ0n) is 12.1. The van der Waals surface area contributed by atoms with Crippen LogP contribution in [0.15, 0.2) is 30.5 Å². The van der Waals surface area contributed by atoms with E-state index in [1.165, 1.54) is 9.58 Å². The molecule has 7 nitrogen and oxygen atoms in total. The van der Waals surface area contributed by atoms with Gasteiger partial charge in [-0.25, -0.2) is 4.68 Å². The first-order valence-corrected chi connectivity index (χ1v) is 6.33. The smallest absolute Gasteiger partial charge is 0.273 e. The van der Waals surface area contributed by atoms with E-state index < -0.39 is 0 Å². The Labute approximate surface area is 122 Å². The number of nitrogens with zero attached hydrogens (tertiary/aromatic N) is 3. The molecule has 2 rings (SSSR count). The van der Waals surface area contributed by atoms with Crippen LogP contribution in [0.4, 0.5) is 5.69 Å². The van der Waals surface area contributed by atoms with Crippen molar-refractivity contribution in [2.75, 3.05) is 26.9 Å². The predicted molar refractivity (Wildman–Crippen MR) is 79.4 cm³/mol. The molecule has 21 heavy (non-hydrogen) atoms. The van der Waals surface area contributed by atoms with Crippen LogP contribution in [-0.4, -0.2) is 47.6 Å². The summed E-state index contributed by atoms with van der Waals surface area (Å²) >= 11 is 0. The first-order chi connectivity index (χ1) is 9.93. The van der Waals surface area contributed by atoms with Crippen LogP contribution >= 0.6 is 0 Å². The van der Waals surface area contributed by atoms with Gasteiger partial charge in [0.05, 0.1) is 11.4 Å². The van der Waals surface area contributed by atoms with Crippen LogP contribution in [0.1, 0.15) is 20.8 Å². The van der Waals surface area contributed by atoms with Crippen LogP contribution in [0, 0.1) is 0 Å². The van der Waals surface area contributed by atoms with E-state index in [0.717, 1.165) is 0 Å². The minimum absolute atomic E-state index is 0.186. The minimum Gasteiger partial charge on any atom is -0.397 e. The number of nitrogens with one attached hydrogen (secondary N) is 1. The average Bonchev–Trinajstić information content (AvgIpc) is 2.94. The Morgan fingerprint density at radius 3 is 2.57 bits per heavy atom. The number of nitrogens with two attached hydrogens (primary N) is 1. The molecule has 1 aromatic carbocycles. The van der Waals surface area contributed by atoms with Gasteiger partial charge in [-0.05, 0) is 24.3 Å². The summed E-state index contributed by atoms with van der Waals surface area (Å²) in [6.45, 7) is 0. The van der Waals surface area contributed by atoms with Crippen LogP contribution in [-0.2, 0) is 0 Å². The Morgan fingerprint density at radius 1 is 1.29 bits per heavy atom. The third-order valence-electron chi connectivity index (χ3n) is 2.98. The fourth-order valence-electron chi connectivity index (χ4n) is 1.85. The number of amides is 2. The second-order valence-corrected chi connectivity index (χ2v) is 4.70. The number of benzene rings is 1. The largest absolute Gasteiger partial charge is 0.397 e. The lowest BCUT2D eigenvalue weighted by atomic mass is 10.1. The molecule has 0 fully saturated rings. The molecule has 0 spiro atoms. The van der Waals surface area contributed by atoms with E-state index in [4.69, 9.17) is 5.73 Å². The summed E-state index contributed by atoms with van der Waals surface area (Å²) in [4.78, 5) is 24.8. The molecule has 3 N–H and O–H groups in total. The number of aromatic nitrogens is 2. The van der Waals surface area contributed by atoms with Crippen molar-refractivity contribution < 1.29 is 9.59 Å². The number of rotatable bonds is 3. The average molecular weight is 287 g/mol. The SMILES string of the molecule is CNC(=O)c1ccc(-n2ccc(C(=O)N(C)C)n2)c(N)c1. The van der Waals surface area contributed by atoms with Gasteiger partial charge in [-0.1, -0.05) is 0 Å². The second kappa shape index (κ2) is 5.66. The fourth-order valence-corrected chi connectivity index (χ4v) is 1.85. The summed E-state index contributed by atoms with van der Waals surface area (Å²) in [5.41, 5.74) is 7.77. The molecule has 0 radical (unpaired) electrons. The summed E-state index contributed by atoms with van der Waals surface area (Å²) in [7, 11) is 4.88. The van der Waals surface area contributed by atoms with E-state index in [1.54, 1.807) is 51.6 Å². The van der Waals surface area contributed by atoms with Crippen molar-refractivity contribution in [2.24, 2.45) is 0 Å². The van der Waals surface area contributed by atoms with Gasteiger partial charge in [-0.3, -0.25) is 9.59 Å². The maximum absolute atomic E-state index is 11.8. The molecule has 2 aromatic rings. The number of hydrogen-bond donors (Lipinski definition) is 2. The molecule has 110 valence electrons. The van der Waals surface area contributed by atoms with Crippen molar-refractivity contribution >= 4 is 17.5 Å². The zero-order valence-corrected chi connectivity index (χ0v) is 12.1. The highest BCUT2D eigenvalue weighted by atomic mass is 16.2. The fraction of sp³-hybridized carbons (Fsp3) is 0.214. The molecule has 0 aliphatic carbocycles. The van der Waals surface area contributed by atoms with Crippen molar-refractivity contribution in [1.82, 2.24) is 20.0 Å². The zero-order chi connectivity index (χ0) is 15.6. The van der Waals surface area contributed by atoms with E-state index in [9.17, 15) is 9.59 Å². The third kappa shape index (κ3) is 2.86. The Balaban J connectivity index is 2.35. The first kappa shape index (κ1) is 14.6. The number of anilines is 1. The third-order valence-corrected chi connectivity index (χ3v) is 2.98. The van der Waals surface area contributed by atoms with Gasteiger partial charge in [0.25, 0.3) is 11.8 Å². The summed E-state index contributed by atoms with van der Waals surface area (Å²) in [5.74, 6) is -0.397. The van der Waals surface area contributed by atoms with Gasteiger partial charge >= 0.3 is 0 Å². The van der Waals surface area contributed by atoms with Gasteiger partial charge in [0.2, 0.25) is 0 Å². The van der Waals surface area contributed by atoms with E-state index in [1.807, 2.05) is 0 Å². The highest BCUT2D eigenvalue weighted by molar-refractivity contribution is 5.95. The number of carbonyl (C=O) groups is 2. The molecule has 2 amide bonds. The van der Waals surface area contributed by atoms with Crippen molar-refractivity contribution in [3.8, 4) is 5.69 Å². The van der Waals surface area contributed by atoms with Gasteiger partial charge in [0.1, 0.15) is 0 Å². The molecule has 0 unspecified atom stereocenters. The van der Waals surface area contributed by atoms with Crippen LogP contribution in [0.3, 0.4) is 0 Å². The summed E-state index contributed by atoms with van der Waals surface area (Å²) < 4.78 is 1.51. The standard InChI is InChI=1S/C14H17N5O2/c1-16-13(20)9-4-5-12(10(15)8-9)19-7-6-11(17-19)14(21)18(2)3/h4-8H,15H2,1-3H3,(H,16,20). The lowest BCUT2D eigenvalue weighted by Crippen LogP contribution is -2.22. The summed E-state index contributed by atoms with van der Waals surface area (Å²) in [6, 6.07) is 6.54.